The van der Waals surface area contributed by atoms with Crippen molar-refractivity contribution >= 4 is 21.9 Å². The van der Waals surface area contributed by atoms with Crippen molar-refractivity contribution in [3.8, 4) is 0 Å². The molecule has 1 amide bonds. The van der Waals surface area contributed by atoms with Gasteiger partial charge in [-0.15, -0.1) is 0 Å². The van der Waals surface area contributed by atoms with Crippen LogP contribution in [-0.2, 0) is 19.6 Å². The molecule has 0 spiro atoms. The summed E-state index contributed by atoms with van der Waals surface area (Å²) in [5.74, 6) is -2.18. The van der Waals surface area contributed by atoms with Crippen molar-refractivity contribution in [3.63, 3.8) is 0 Å². The van der Waals surface area contributed by atoms with E-state index in [2.05, 4.69) is 5.32 Å². The normalized spacial score (nSPS) is 23.4. The van der Waals surface area contributed by atoms with Gasteiger partial charge in [-0.1, -0.05) is 6.07 Å². The third-order valence-corrected chi connectivity index (χ3v) is 5.98. The summed E-state index contributed by atoms with van der Waals surface area (Å²) in [5, 5.41) is 20.7. The topological polar surface area (TPSA) is 133 Å². The first-order valence-electron chi connectivity index (χ1n) is 8.49. The molecule has 0 aromatic heterocycles. The number of aliphatic hydroxyl groups excluding tert-OH is 1. The Kier molecular flexibility index (Phi) is 6.58. The Labute approximate surface area is 158 Å². The number of morpholine rings is 1. The average molecular weight is 400 g/mol. The molecular formula is C17H24N2O7S. The summed E-state index contributed by atoms with van der Waals surface area (Å²) in [6.45, 7) is 5.20. The van der Waals surface area contributed by atoms with E-state index in [1.54, 1.807) is 13.8 Å². The molecule has 1 aliphatic rings. The number of aliphatic carboxylic acids is 1. The van der Waals surface area contributed by atoms with Crippen molar-refractivity contribution in [2.24, 2.45) is 0 Å². The lowest BCUT2D eigenvalue weighted by Gasteiger charge is -2.34. The summed E-state index contributed by atoms with van der Waals surface area (Å²) in [6.07, 6.45) is -1.82. The van der Waals surface area contributed by atoms with Crippen LogP contribution in [0, 0.1) is 0 Å². The number of ether oxygens (including phenoxy) is 1. The Hall–Kier alpha value is -2.01. The van der Waals surface area contributed by atoms with E-state index in [0.29, 0.717) is 0 Å². The Morgan fingerprint density at radius 1 is 1.26 bits per heavy atom. The molecule has 1 heterocycles. The molecule has 10 heteroatoms. The van der Waals surface area contributed by atoms with Crippen LogP contribution in [0.5, 0.6) is 0 Å². The highest BCUT2D eigenvalue weighted by Gasteiger charge is 2.33. The standard InChI is InChI=1S/C17H24N2O7S/c1-10-8-19(9-11(2)26-10)27(24,25)14-6-4-5-13(7-14)16(21)18-15(12(3)20)17(22)23/h4-7,10-12,15,20H,8-9H2,1-3H3,(H,18,21)(H,22,23)/t10-,11-,12-,15+/m1/s1. The average Bonchev–Trinajstić information content (AvgIpc) is 2.58. The highest BCUT2D eigenvalue weighted by Crippen LogP contribution is 2.22. The maximum absolute atomic E-state index is 12.9. The van der Waals surface area contributed by atoms with Gasteiger partial charge in [0.1, 0.15) is 0 Å². The highest BCUT2D eigenvalue weighted by atomic mass is 32.2. The fourth-order valence-corrected chi connectivity index (χ4v) is 4.52. The highest BCUT2D eigenvalue weighted by molar-refractivity contribution is 7.89. The van der Waals surface area contributed by atoms with Crippen LogP contribution in [0.15, 0.2) is 29.2 Å². The first-order valence-corrected chi connectivity index (χ1v) is 9.93. The van der Waals surface area contributed by atoms with Crippen LogP contribution in [0.25, 0.3) is 0 Å². The minimum Gasteiger partial charge on any atom is -0.480 e. The summed E-state index contributed by atoms with van der Waals surface area (Å²) >= 11 is 0. The van der Waals surface area contributed by atoms with Crippen molar-refractivity contribution in [1.82, 2.24) is 9.62 Å². The molecule has 1 aromatic carbocycles. The van der Waals surface area contributed by atoms with Gasteiger partial charge in [0, 0.05) is 18.7 Å². The second-order valence-electron chi connectivity index (χ2n) is 6.64. The van der Waals surface area contributed by atoms with E-state index in [1.165, 1.54) is 35.5 Å². The van der Waals surface area contributed by atoms with Crippen molar-refractivity contribution in [3.05, 3.63) is 29.8 Å². The maximum atomic E-state index is 12.9. The number of nitrogens with zero attached hydrogens (tertiary/aromatic N) is 1. The molecule has 1 aromatic rings. The second-order valence-corrected chi connectivity index (χ2v) is 8.58. The van der Waals surface area contributed by atoms with Gasteiger partial charge in [-0.05, 0) is 39.0 Å². The maximum Gasteiger partial charge on any atom is 0.328 e. The first-order chi connectivity index (χ1) is 12.5. The van der Waals surface area contributed by atoms with Gasteiger partial charge in [-0.25, -0.2) is 13.2 Å². The largest absolute Gasteiger partial charge is 0.480 e. The monoisotopic (exact) mass is 400 g/mol. The summed E-state index contributed by atoms with van der Waals surface area (Å²) in [7, 11) is -3.84. The smallest absolute Gasteiger partial charge is 0.328 e. The lowest BCUT2D eigenvalue weighted by molar-refractivity contribution is -0.141. The molecular weight excluding hydrogens is 376 g/mol. The quantitative estimate of drug-likeness (QED) is 0.614. The van der Waals surface area contributed by atoms with Gasteiger partial charge < -0.3 is 20.3 Å². The number of hydrogen-bond acceptors (Lipinski definition) is 6. The van der Waals surface area contributed by atoms with E-state index in [0.717, 1.165) is 0 Å². The lowest BCUT2D eigenvalue weighted by Crippen LogP contribution is -2.48. The molecule has 1 aliphatic heterocycles. The number of carboxylic acids is 1. The predicted molar refractivity (Wildman–Crippen MR) is 95.8 cm³/mol. The third-order valence-electron chi connectivity index (χ3n) is 4.16. The number of rotatable bonds is 6. The lowest BCUT2D eigenvalue weighted by atomic mass is 10.1. The Bertz CT molecular complexity index is 799. The Balaban J connectivity index is 2.26. The van der Waals surface area contributed by atoms with E-state index in [1.807, 2.05) is 0 Å². The van der Waals surface area contributed by atoms with Crippen LogP contribution in [-0.4, -0.2) is 72.3 Å². The molecule has 0 unspecified atom stereocenters. The van der Waals surface area contributed by atoms with E-state index >= 15 is 0 Å². The van der Waals surface area contributed by atoms with Crippen LogP contribution in [0.2, 0.25) is 0 Å². The third kappa shape index (κ3) is 5.04. The molecule has 0 saturated carbocycles. The summed E-state index contributed by atoms with van der Waals surface area (Å²) in [4.78, 5) is 23.4. The van der Waals surface area contributed by atoms with Crippen LogP contribution < -0.4 is 5.32 Å². The summed E-state index contributed by atoms with van der Waals surface area (Å²) in [5.41, 5.74) is -0.0164. The SMILES string of the molecule is C[C@@H]1CN(S(=O)(=O)c2cccc(C(=O)N[C@H](C(=O)O)[C@@H](C)O)c2)C[C@@H](C)O1. The molecule has 0 radical (unpaired) electrons. The molecule has 150 valence electrons. The fourth-order valence-electron chi connectivity index (χ4n) is 2.89. The molecule has 3 N–H and O–H groups in total. The van der Waals surface area contributed by atoms with Gasteiger partial charge in [0.05, 0.1) is 23.2 Å². The number of aliphatic hydroxyl groups is 1. The number of carbonyl (C=O) groups is 2. The van der Waals surface area contributed by atoms with Gasteiger partial charge in [0.25, 0.3) is 5.91 Å². The summed E-state index contributed by atoms with van der Waals surface area (Å²) < 4.78 is 32.6. The van der Waals surface area contributed by atoms with Crippen molar-refractivity contribution in [2.75, 3.05) is 13.1 Å². The van der Waals surface area contributed by atoms with Gasteiger partial charge >= 0.3 is 5.97 Å². The first kappa shape index (κ1) is 21.3. The van der Waals surface area contributed by atoms with Crippen LogP contribution in [0.1, 0.15) is 31.1 Å². The molecule has 27 heavy (non-hydrogen) atoms. The number of sulfonamides is 1. The molecule has 2 rings (SSSR count). The second kappa shape index (κ2) is 8.34. The number of nitrogens with one attached hydrogen (secondary N) is 1. The number of hydrogen-bond donors (Lipinski definition) is 3. The van der Waals surface area contributed by atoms with Crippen LogP contribution in [0.3, 0.4) is 0 Å². The number of carboxylic acid groups (broad SMARTS) is 1. The van der Waals surface area contributed by atoms with E-state index in [4.69, 9.17) is 9.84 Å². The van der Waals surface area contributed by atoms with Gasteiger partial charge in [-0.3, -0.25) is 4.79 Å². The number of carbonyl (C=O) groups excluding carboxylic acids is 1. The molecule has 1 fully saturated rings. The van der Waals surface area contributed by atoms with E-state index in [-0.39, 0.29) is 35.8 Å². The zero-order chi connectivity index (χ0) is 20.4. The zero-order valence-electron chi connectivity index (χ0n) is 15.3. The predicted octanol–water partition coefficient (Wildman–Crippen LogP) is 0.0483. The molecule has 0 bridgehead atoms. The van der Waals surface area contributed by atoms with E-state index in [9.17, 15) is 23.1 Å². The number of amides is 1. The fraction of sp³-hybridized carbons (Fsp3) is 0.529. The van der Waals surface area contributed by atoms with Gasteiger partial charge in [0.2, 0.25) is 10.0 Å². The Morgan fingerprint density at radius 2 is 1.85 bits per heavy atom. The minimum atomic E-state index is -3.84. The van der Waals surface area contributed by atoms with E-state index < -0.39 is 34.0 Å². The van der Waals surface area contributed by atoms with Gasteiger partial charge in [0.15, 0.2) is 6.04 Å². The minimum absolute atomic E-state index is 0.0164. The molecule has 0 aliphatic carbocycles. The van der Waals surface area contributed by atoms with Crippen LogP contribution >= 0.6 is 0 Å². The molecule has 9 nitrogen and oxygen atoms in total. The molecule has 4 atom stereocenters. The van der Waals surface area contributed by atoms with Crippen molar-refractivity contribution < 1.29 is 33.0 Å². The molecule has 1 saturated heterocycles. The van der Waals surface area contributed by atoms with Crippen molar-refractivity contribution in [2.45, 2.75) is 50.0 Å². The Morgan fingerprint density at radius 3 is 2.37 bits per heavy atom. The zero-order valence-corrected chi connectivity index (χ0v) is 16.1. The number of benzene rings is 1. The van der Waals surface area contributed by atoms with Gasteiger partial charge in [-0.2, -0.15) is 4.31 Å². The van der Waals surface area contributed by atoms with Crippen molar-refractivity contribution in [1.29, 1.82) is 0 Å². The van der Waals surface area contributed by atoms with Crippen LogP contribution in [0.4, 0.5) is 0 Å². The summed E-state index contributed by atoms with van der Waals surface area (Å²) in [6, 6.07) is 3.85.